The fourth-order valence-electron chi connectivity index (χ4n) is 3.94. The van der Waals surface area contributed by atoms with Crippen LogP contribution in [0.25, 0.3) is 0 Å². The van der Waals surface area contributed by atoms with Crippen molar-refractivity contribution in [3.63, 3.8) is 0 Å². The zero-order valence-electron chi connectivity index (χ0n) is 18.6. The molecule has 5 nitrogen and oxygen atoms in total. The second-order valence-corrected chi connectivity index (χ2v) is 8.34. The molecule has 0 aliphatic carbocycles. The Hall–Kier alpha value is -2.37. The Kier molecular flexibility index (Phi) is 8.72. The molecule has 0 bridgehead atoms. The standard InChI is InChI=1S/C25H36N4O/c1-26-25(27-17-24(28(2)3)16-21-10-6-4-7-11-21)29-15-14-23(18-29)20-30-19-22-12-8-5-9-13-22/h4-13,23-24H,14-20H2,1-3H3,(H,26,27). The van der Waals surface area contributed by atoms with Crippen molar-refractivity contribution >= 4 is 5.96 Å². The molecule has 1 fully saturated rings. The second-order valence-electron chi connectivity index (χ2n) is 8.34. The average molecular weight is 409 g/mol. The van der Waals surface area contributed by atoms with E-state index in [1.165, 1.54) is 11.1 Å². The van der Waals surface area contributed by atoms with Crippen LogP contribution < -0.4 is 5.32 Å². The molecular formula is C25H36N4O. The quantitative estimate of drug-likeness (QED) is 0.511. The van der Waals surface area contributed by atoms with Crippen molar-refractivity contribution in [3.05, 3.63) is 71.8 Å². The van der Waals surface area contributed by atoms with E-state index in [1.54, 1.807) is 0 Å². The first-order valence-corrected chi connectivity index (χ1v) is 10.9. The lowest BCUT2D eigenvalue weighted by Gasteiger charge is -2.28. The molecule has 2 atom stereocenters. The number of nitrogens with zero attached hydrogens (tertiary/aromatic N) is 3. The van der Waals surface area contributed by atoms with Gasteiger partial charge in [0, 0.05) is 38.6 Å². The Morgan fingerprint density at radius 1 is 1.10 bits per heavy atom. The monoisotopic (exact) mass is 408 g/mol. The van der Waals surface area contributed by atoms with E-state index in [4.69, 9.17) is 4.74 Å². The molecular weight excluding hydrogens is 372 g/mol. The van der Waals surface area contributed by atoms with Crippen LogP contribution in [0.2, 0.25) is 0 Å². The Balaban J connectivity index is 1.44. The van der Waals surface area contributed by atoms with Gasteiger partial charge in [0.1, 0.15) is 0 Å². The molecule has 0 spiro atoms. The highest BCUT2D eigenvalue weighted by molar-refractivity contribution is 5.80. The van der Waals surface area contributed by atoms with E-state index < -0.39 is 0 Å². The van der Waals surface area contributed by atoms with Gasteiger partial charge in [-0.05, 0) is 38.1 Å². The molecule has 162 valence electrons. The normalized spacial score (nSPS) is 18.1. The Morgan fingerprint density at radius 2 is 1.77 bits per heavy atom. The fraction of sp³-hybridized carbons (Fsp3) is 0.480. The van der Waals surface area contributed by atoms with Crippen LogP contribution in [0.1, 0.15) is 17.5 Å². The van der Waals surface area contributed by atoms with Crippen molar-refractivity contribution in [2.75, 3.05) is 47.4 Å². The first kappa shape index (κ1) is 22.3. The van der Waals surface area contributed by atoms with Crippen LogP contribution in [0.3, 0.4) is 0 Å². The van der Waals surface area contributed by atoms with Gasteiger partial charge in [0.15, 0.2) is 5.96 Å². The lowest BCUT2D eigenvalue weighted by Crippen LogP contribution is -2.47. The predicted octanol–water partition coefficient (Wildman–Crippen LogP) is 3.27. The van der Waals surface area contributed by atoms with E-state index in [0.717, 1.165) is 45.0 Å². The van der Waals surface area contributed by atoms with Gasteiger partial charge >= 0.3 is 0 Å². The molecule has 2 aromatic carbocycles. The van der Waals surface area contributed by atoms with Crippen LogP contribution in [-0.2, 0) is 17.8 Å². The van der Waals surface area contributed by atoms with Gasteiger partial charge in [-0.3, -0.25) is 4.99 Å². The molecule has 1 aliphatic heterocycles. The molecule has 3 rings (SSSR count). The Morgan fingerprint density at radius 3 is 2.40 bits per heavy atom. The van der Waals surface area contributed by atoms with E-state index in [9.17, 15) is 0 Å². The molecule has 1 N–H and O–H groups in total. The van der Waals surface area contributed by atoms with E-state index in [2.05, 4.69) is 88.8 Å². The summed E-state index contributed by atoms with van der Waals surface area (Å²) in [5, 5.41) is 3.61. The minimum atomic E-state index is 0.414. The number of hydrogen-bond donors (Lipinski definition) is 1. The minimum absolute atomic E-state index is 0.414. The van der Waals surface area contributed by atoms with Gasteiger partial charge in [0.25, 0.3) is 0 Å². The number of ether oxygens (including phenoxy) is 1. The number of rotatable bonds is 9. The molecule has 0 aromatic heterocycles. The third kappa shape index (κ3) is 6.85. The van der Waals surface area contributed by atoms with Gasteiger partial charge < -0.3 is 19.9 Å². The molecule has 2 aromatic rings. The third-order valence-electron chi connectivity index (χ3n) is 5.80. The van der Waals surface area contributed by atoms with Crippen molar-refractivity contribution < 1.29 is 4.74 Å². The van der Waals surface area contributed by atoms with Gasteiger partial charge in [0.2, 0.25) is 0 Å². The van der Waals surface area contributed by atoms with Gasteiger partial charge in [-0.25, -0.2) is 0 Å². The number of likely N-dealkylation sites (N-methyl/N-ethyl adjacent to an activating group) is 1. The summed E-state index contributed by atoms with van der Waals surface area (Å²) in [6.07, 6.45) is 2.17. The van der Waals surface area contributed by atoms with Crippen molar-refractivity contribution in [2.45, 2.75) is 25.5 Å². The SMILES string of the molecule is CN=C(NCC(Cc1ccccc1)N(C)C)N1CCC(COCc2ccccc2)C1. The molecule has 0 radical (unpaired) electrons. The molecule has 2 unspecified atom stereocenters. The topological polar surface area (TPSA) is 40.1 Å². The molecule has 1 aliphatic rings. The maximum absolute atomic E-state index is 5.97. The third-order valence-corrected chi connectivity index (χ3v) is 5.80. The summed E-state index contributed by atoms with van der Waals surface area (Å²) in [7, 11) is 6.17. The second kappa shape index (κ2) is 11.7. The lowest BCUT2D eigenvalue weighted by molar-refractivity contribution is 0.0906. The van der Waals surface area contributed by atoms with E-state index in [0.29, 0.717) is 18.6 Å². The van der Waals surface area contributed by atoms with Crippen molar-refractivity contribution in [1.82, 2.24) is 15.1 Å². The highest BCUT2D eigenvalue weighted by atomic mass is 16.5. The molecule has 0 amide bonds. The first-order valence-electron chi connectivity index (χ1n) is 10.9. The summed E-state index contributed by atoms with van der Waals surface area (Å²) in [6.45, 7) is 4.40. The number of guanidine groups is 1. The Labute approximate surface area is 181 Å². The van der Waals surface area contributed by atoms with E-state index >= 15 is 0 Å². The molecule has 5 heteroatoms. The number of nitrogens with one attached hydrogen (secondary N) is 1. The molecule has 1 saturated heterocycles. The predicted molar refractivity (Wildman–Crippen MR) is 125 cm³/mol. The van der Waals surface area contributed by atoms with Crippen LogP contribution in [-0.4, -0.2) is 69.2 Å². The van der Waals surface area contributed by atoms with Gasteiger partial charge in [-0.1, -0.05) is 60.7 Å². The zero-order valence-corrected chi connectivity index (χ0v) is 18.6. The van der Waals surface area contributed by atoms with E-state index in [-0.39, 0.29) is 0 Å². The van der Waals surface area contributed by atoms with Gasteiger partial charge in [-0.15, -0.1) is 0 Å². The summed E-state index contributed by atoms with van der Waals surface area (Å²) in [4.78, 5) is 9.20. The average Bonchev–Trinajstić information content (AvgIpc) is 3.23. The summed E-state index contributed by atoms with van der Waals surface area (Å²) in [5.74, 6) is 1.56. The van der Waals surface area contributed by atoms with Gasteiger partial charge in [0.05, 0.1) is 13.2 Å². The van der Waals surface area contributed by atoms with E-state index in [1.807, 2.05) is 13.1 Å². The zero-order chi connectivity index (χ0) is 21.2. The lowest BCUT2D eigenvalue weighted by atomic mass is 10.1. The highest BCUT2D eigenvalue weighted by Gasteiger charge is 2.25. The van der Waals surface area contributed by atoms with Crippen LogP contribution in [0.15, 0.2) is 65.7 Å². The number of hydrogen-bond acceptors (Lipinski definition) is 3. The number of likely N-dealkylation sites (tertiary alicyclic amines) is 1. The summed E-state index contributed by atoms with van der Waals surface area (Å²) >= 11 is 0. The number of benzene rings is 2. The largest absolute Gasteiger partial charge is 0.376 e. The molecule has 1 heterocycles. The summed E-state index contributed by atoms with van der Waals surface area (Å²) in [5.41, 5.74) is 2.60. The maximum Gasteiger partial charge on any atom is 0.193 e. The van der Waals surface area contributed by atoms with Crippen molar-refractivity contribution in [2.24, 2.45) is 10.9 Å². The fourth-order valence-corrected chi connectivity index (χ4v) is 3.94. The smallest absolute Gasteiger partial charge is 0.193 e. The van der Waals surface area contributed by atoms with Crippen LogP contribution in [0.4, 0.5) is 0 Å². The van der Waals surface area contributed by atoms with Gasteiger partial charge in [-0.2, -0.15) is 0 Å². The molecule has 30 heavy (non-hydrogen) atoms. The summed E-state index contributed by atoms with van der Waals surface area (Å²) < 4.78 is 5.97. The number of aliphatic imine (C=N–C) groups is 1. The first-order chi connectivity index (χ1) is 14.7. The highest BCUT2D eigenvalue weighted by Crippen LogP contribution is 2.17. The van der Waals surface area contributed by atoms with Crippen LogP contribution >= 0.6 is 0 Å². The van der Waals surface area contributed by atoms with Crippen molar-refractivity contribution in [1.29, 1.82) is 0 Å². The van der Waals surface area contributed by atoms with Crippen LogP contribution in [0.5, 0.6) is 0 Å². The maximum atomic E-state index is 5.97. The minimum Gasteiger partial charge on any atom is -0.376 e. The summed E-state index contributed by atoms with van der Waals surface area (Å²) in [6, 6.07) is 21.5. The van der Waals surface area contributed by atoms with Crippen molar-refractivity contribution in [3.8, 4) is 0 Å². The molecule has 0 saturated carbocycles. The Bertz CT molecular complexity index is 763. The van der Waals surface area contributed by atoms with Crippen LogP contribution in [0, 0.1) is 5.92 Å².